The summed E-state index contributed by atoms with van der Waals surface area (Å²) in [5.74, 6) is 0.998. The molecule has 2 aromatic carbocycles. The molecular weight excluding hydrogens is 340 g/mol. The van der Waals surface area contributed by atoms with Gasteiger partial charge in [0.1, 0.15) is 5.75 Å². The van der Waals surface area contributed by atoms with Gasteiger partial charge in [0, 0.05) is 13.6 Å². The second-order valence-electron chi connectivity index (χ2n) is 6.00. The van der Waals surface area contributed by atoms with Crippen molar-refractivity contribution in [3.05, 3.63) is 78.0 Å². The van der Waals surface area contributed by atoms with Crippen LogP contribution in [0.25, 0.3) is 0 Å². The lowest BCUT2D eigenvalue weighted by molar-refractivity contribution is 0.102. The van der Waals surface area contributed by atoms with Gasteiger partial charge in [-0.1, -0.05) is 42.5 Å². The van der Waals surface area contributed by atoms with E-state index in [4.69, 9.17) is 4.74 Å². The minimum absolute atomic E-state index is 0.248. The van der Waals surface area contributed by atoms with Crippen molar-refractivity contribution in [1.82, 2.24) is 10.2 Å². The van der Waals surface area contributed by atoms with E-state index in [1.165, 1.54) is 5.56 Å². The first kappa shape index (κ1) is 18.4. The van der Waals surface area contributed by atoms with Crippen LogP contribution in [0, 0.1) is 0 Å². The third-order valence-electron chi connectivity index (χ3n) is 3.97. The van der Waals surface area contributed by atoms with E-state index in [0.717, 1.165) is 0 Å². The van der Waals surface area contributed by atoms with Crippen LogP contribution in [0.5, 0.6) is 5.75 Å². The zero-order valence-corrected chi connectivity index (χ0v) is 15.4. The number of ether oxygens (including phenoxy) is 1. The molecule has 0 bridgehead atoms. The van der Waals surface area contributed by atoms with Crippen molar-refractivity contribution in [3.8, 4) is 5.75 Å². The fourth-order valence-electron chi connectivity index (χ4n) is 2.63. The molecule has 138 valence electrons. The van der Waals surface area contributed by atoms with Gasteiger partial charge in [0.15, 0.2) is 11.5 Å². The van der Waals surface area contributed by atoms with Crippen LogP contribution in [-0.2, 0) is 6.54 Å². The number of rotatable bonds is 7. The monoisotopic (exact) mass is 362 g/mol. The molecule has 1 amide bonds. The van der Waals surface area contributed by atoms with Gasteiger partial charge < -0.3 is 15.0 Å². The van der Waals surface area contributed by atoms with Crippen molar-refractivity contribution in [2.75, 3.05) is 23.9 Å². The molecule has 3 aromatic rings. The van der Waals surface area contributed by atoms with Crippen molar-refractivity contribution in [1.29, 1.82) is 0 Å². The Morgan fingerprint density at radius 2 is 1.74 bits per heavy atom. The van der Waals surface area contributed by atoms with Crippen LogP contribution in [0.4, 0.5) is 11.5 Å². The maximum Gasteiger partial charge on any atom is 0.276 e. The second-order valence-corrected chi connectivity index (χ2v) is 6.00. The number of para-hydroxylation sites is 2. The van der Waals surface area contributed by atoms with E-state index in [2.05, 4.69) is 27.6 Å². The lowest BCUT2D eigenvalue weighted by Crippen LogP contribution is -2.20. The summed E-state index contributed by atoms with van der Waals surface area (Å²) in [6.07, 6.45) is 0. The highest BCUT2D eigenvalue weighted by Gasteiger charge is 2.12. The number of nitrogens with zero attached hydrogens (tertiary/aromatic N) is 3. The summed E-state index contributed by atoms with van der Waals surface area (Å²) in [6, 6.07) is 20.9. The zero-order chi connectivity index (χ0) is 19.1. The first-order valence-electron chi connectivity index (χ1n) is 8.79. The van der Waals surface area contributed by atoms with Crippen LogP contribution in [-0.4, -0.2) is 29.8 Å². The Balaban J connectivity index is 1.67. The number of carbonyl (C=O) groups is 1. The number of anilines is 2. The molecular formula is C21H22N4O2. The van der Waals surface area contributed by atoms with Crippen molar-refractivity contribution < 1.29 is 9.53 Å². The summed E-state index contributed by atoms with van der Waals surface area (Å²) in [4.78, 5) is 14.4. The molecule has 1 aromatic heterocycles. The Kier molecular flexibility index (Phi) is 5.99. The normalized spacial score (nSPS) is 10.3. The molecule has 0 aliphatic heterocycles. The van der Waals surface area contributed by atoms with Gasteiger partial charge in [-0.3, -0.25) is 4.79 Å². The van der Waals surface area contributed by atoms with Crippen LogP contribution in [0.1, 0.15) is 23.0 Å². The Bertz CT molecular complexity index is 882. The highest BCUT2D eigenvalue weighted by Crippen LogP contribution is 2.24. The summed E-state index contributed by atoms with van der Waals surface area (Å²) < 4.78 is 5.52. The first-order valence-corrected chi connectivity index (χ1v) is 8.79. The molecule has 0 saturated carbocycles. The predicted molar refractivity (Wildman–Crippen MR) is 106 cm³/mol. The Labute approximate surface area is 158 Å². The minimum Gasteiger partial charge on any atom is -0.492 e. The van der Waals surface area contributed by atoms with Gasteiger partial charge in [-0.05, 0) is 36.8 Å². The van der Waals surface area contributed by atoms with Crippen molar-refractivity contribution >= 4 is 17.4 Å². The summed E-state index contributed by atoms with van der Waals surface area (Å²) in [6.45, 7) is 3.13. The minimum atomic E-state index is -0.327. The van der Waals surface area contributed by atoms with Crippen LogP contribution in [0.3, 0.4) is 0 Å². The summed E-state index contributed by atoms with van der Waals surface area (Å²) >= 11 is 0. The number of amides is 1. The number of hydrogen-bond acceptors (Lipinski definition) is 5. The van der Waals surface area contributed by atoms with Crippen LogP contribution in [0.15, 0.2) is 66.7 Å². The molecule has 27 heavy (non-hydrogen) atoms. The standard InChI is InChI=1S/C21H22N4O2/c1-3-27-19-12-8-7-11-17(19)22-21(26)18-13-14-20(24-23-18)25(2)15-16-9-5-4-6-10-16/h4-14H,3,15H2,1-2H3,(H,22,26). The average molecular weight is 362 g/mol. The van der Waals surface area contributed by atoms with Gasteiger partial charge in [-0.2, -0.15) is 0 Å². The number of aromatic nitrogens is 2. The van der Waals surface area contributed by atoms with Crippen LogP contribution < -0.4 is 15.0 Å². The third kappa shape index (κ3) is 4.82. The molecule has 1 heterocycles. The molecule has 6 heteroatoms. The fraction of sp³-hybridized carbons (Fsp3) is 0.190. The van der Waals surface area contributed by atoms with Crippen LogP contribution >= 0.6 is 0 Å². The quantitative estimate of drug-likeness (QED) is 0.693. The number of nitrogens with one attached hydrogen (secondary N) is 1. The van der Waals surface area contributed by atoms with E-state index in [1.54, 1.807) is 18.2 Å². The van der Waals surface area contributed by atoms with E-state index >= 15 is 0 Å². The SMILES string of the molecule is CCOc1ccccc1NC(=O)c1ccc(N(C)Cc2ccccc2)nn1. The Hall–Kier alpha value is -3.41. The summed E-state index contributed by atoms with van der Waals surface area (Å²) in [7, 11) is 1.94. The second kappa shape index (κ2) is 8.80. The van der Waals surface area contributed by atoms with Gasteiger partial charge >= 0.3 is 0 Å². The molecule has 0 atom stereocenters. The maximum atomic E-state index is 12.5. The van der Waals surface area contributed by atoms with E-state index in [9.17, 15) is 4.79 Å². The van der Waals surface area contributed by atoms with E-state index in [0.29, 0.717) is 30.4 Å². The van der Waals surface area contributed by atoms with Gasteiger partial charge in [-0.15, -0.1) is 10.2 Å². The van der Waals surface area contributed by atoms with E-state index < -0.39 is 0 Å². The third-order valence-corrected chi connectivity index (χ3v) is 3.97. The molecule has 6 nitrogen and oxygen atoms in total. The topological polar surface area (TPSA) is 67.3 Å². The lowest BCUT2D eigenvalue weighted by atomic mass is 10.2. The molecule has 0 radical (unpaired) electrons. The predicted octanol–water partition coefficient (Wildman–Crippen LogP) is 3.76. The largest absolute Gasteiger partial charge is 0.492 e. The Morgan fingerprint density at radius 3 is 2.44 bits per heavy atom. The number of benzene rings is 2. The van der Waals surface area contributed by atoms with E-state index in [1.807, 2.05) is 55.3 Å². The molecule has 0 aliphatic rings. The number of hydrogen-bond donors (Lipinski definition) is 1. The molecule has 0 saturated heterocycles. The molecule has 3 rings (SSSR count). The van der Waals surface area contributed by atoms with Crippen molar-refractivity contribution in [2.24, 2.45) is 0 Å². The summed E-state index contributed by atoms with van der Waals surface area (Å²) in [5.41, 5.74) is 2.03. The summed E-state index contributed by atoms with van der Waals surface area (Å²) in [5, 5.41) is 11.1. The highest BCUT2D eigenvalue weighted by molar-refractivity contribution is 6.03. The Morgan fingerprint density at radius 1 is 1.00 bits per heavy atom. The average Bonchev–Trinajstić information content (AvgIpc) is 2.70. The first-order chi connectivity index (χ1) is 13.2. The zero-order valence-electron chi connectivity index (χ0n) is 15.4. The van der Waals surface area contributed by atoms with Gasteiger partial charge in [0.05, 0.1) is 12.3 Å². The number of carbonyl (C=O) groups excluding carboxylic acids is 1. The molecule has 0 fully saturated rings. The molecule has 0 spiro atoms. The van der Waals surface area contributed by atoms with Crippen LogP contribution in [0.2, 0.25) is 0 Å². The van der Waals surface area contributed by atoms with E-state index in [-0.39, 0.29) is 11.6 Å². The van der Waals surface area contributed by atoms with Crippen molar-refractivity contribution in [2.45, 2.75) is 13.5 Å². The van der Waals surface area contributed by atoms with Gasteiger partial charge in [-0.25, -0.2) is 0 Å². The van der Waals surface area contributed by atoms with Crippen molar-refractivity contribution in [3.63, 3.8) is 0 Å². The molecule has 0 aliphatic carbocycles. The fourth-order valence-corrected chi connectivity index (χ4v) is 2.63. The lowest BCUT2D eigenvalue weighted by Gasteiger charge is -2.17. The maximum absolute atomic E-state index is 12.5. The molecule has 0 unspecified atom stereocenters. The highest BCUT2D eigenvalue weighted by atomic mass is 16.5. The van der Waals surface area contributed by atoms with Gasteiger partial charge in [0.25, 0.3) is 5.91 Å². The van der Waals surface area contributed by atoms with Gasteiger partial charge in [0.2, 0.25) is 0 Å². The molecule has 1 N–H and O–H groups in total. The smallest absolute Gasteiger partial charge is 0.276 e.